The third-order valence-electron chi connectivity index (χ3n) is 0.989. The number of rotatable bonds is 0. The fraction of sp³-hybridized carbons (Fsp3) is 0. The predicted octanol–water partition coefficient (Wildman–Crippen LogP) is 0.418. The minimum absolute atomic E-state index is 0.498. The van der Waals surface area contributed by atoms with Crippen molar-refractivity contribution in [2.24, 2.45) is 0 Å². The molecule has 0 N–H and O–H groups in total. The lowest BCUT2D eigenvalue weighted by molar-refractivity contribution is 0.419. The molecule has 0 bridgehead atoms. The van der Waals surface area contributed by atoms with Crippen molar-refractivity contribution in [3.05, 3.63) is 18.5 Å². The van der Waals surface area contributed by atoms with E-state index in [9.17, 15) is 0 Å². The van der Waals surface area contributed by atoms with E-state index in [1.54, 1.807) is 12.3 Å². The average Bonchev–Trinajstić information content (AvgIpc) is 2.33. The van der Waals surface area contributed by atoms with E-state index in [4.69, 9.17) is 0 Å². The van der Waals surface area contributed by atoms with Crippen LogP contribution < -0.4 is 0 Å². The highest BCUT2D eigenvalue weighted by Gasteiger charge is 1.95. The molecule has 0 aliphatic heterocycles. The third kappa shape index (κ3) is 0.561. The van der Waals surface area contributed by atoms with Crippen LogP contribution in [0.1, 0.15) is 0 Å². The Morgan fingerprint density at radius 1 is 1.56 bits per heavy atom. The molecule has 0 spiro atoms. The van der Waals surface area contributed by atoms with Crippen LogP contribution >= 0.6 is 0 Å². The van der Waals surface area contributed by atoms with Gasteiger partial charge in [-0.15, -0.1) is 5.10 Å². The number of nitrogens with zero attached hydrogens (tertiary/aromatic N) is 3. The van der Waals surface area contributed by atoms with Gasteiger partial charge in [-0.05, 0) is 6.07 Å². The van der Waals surface area contributed by atoms with Crippen LogP contribution in [0.15, 0.2) is 16.8 Å². The zero-order chi connectivity index (χ0) is 6.10. The molecule has 0 amide bonds. The predicted molar refractivity (Wildman–Crippen MR) is 28.4 cm³/mol. The Morgan fingerprint density at radius 2 is 2.56 bits per heavy atom. The first-order valence-corrected chi connectivity index (χ1v) is 2.41. The largest absolute Gasteiger partial charge is 0.350 e. The maximum absolute atomic E-state index is 4.49. The first kappa shape index (κ1) is 4.43. The molecular formula is C5H2N3O. The van der Waals surface area contributed by atoms with E-state index in [1.165, 1.54) is 0 Å². The second kappa shape index (κ2) is 1.51. The van der Waals surface area contributed by atoms with Gasteiger partial charge in [0, 0.05) is 0 Å². The summed E-state index contributed by atoms with van der Waals surface area (Å²) in [6.07, 6.45) is 4.10. The van der Waals surface area contributed by atoms with Crippen LogP contribution in [0.3, 0.4) is 0 Å². The second-order valence-corrected chi connectivity index (χ2v) is 1.55. The first-order valence-electron chi connectivity index (χ1n) is 2.41. The molecule has 4 nitrogen and oxygen atoms in total. The van der Waals surface area contributed by atoms with E-state index < -0.39 is 0 Å². The van der Waals surface area contributed by atoms with Gasteiger partial charge in [0.2, 0.25) is 11.9 Å². The lowest BCUT2D eigenvalue weighted by Gasteiger charge is -1.76. The first-order chi connectivity index (χ1) is 4.47. The molecule has 1 radical (unpaired) electrons. The van der Waals surface area contributed by atoms with E-state index in [2.05, 4.69) is 26.1 Å². The summed E-state index contributed by atoms with van der Waals surface area (Å²) in [6.45, 7) is 0. The van der Waals surface area contributed by atoms with Gasteiger partial charge >= 0.3 is 0 Å². The number of fused-ring (bicyclic) bond motifs is 1. The quantitative estimate of drug-likeness (QED) is 0.505. The Morgan fingerprint density at radius 3 is 3.44 bits per heavy atom. The fourth-order valence-electron chi connectivity index (χ4n) is 0.587. The molecule has 4 heteroatoms. The van der Waals surface area contributed by atoms with Crippen LogP contribution in [0.4, 0.5) is 0 Å². The number of hydrogen-bond acceptors (Lipinski definition) is 4. The molecule has 2 aromatic heterocycles. The fourth-order valence-corrected chi connectivity index (χ4v) is 0.587. The van der Waals surface area contributed by atoms with Crippen molar-refractivity contribution < 1.29 is 4.52 Å². The maximum atomic E-state index is 4.49. The maximum Gasteiger partial charge on any atom is 0.224 e. The molecule has 0 unspecified atom stereocenters. The van der Waals surface area contributed by atoms with Gasteiger partial charge in [0.1, 0.15) is 0 Å². The van der Waals surface area contributed by atoms with Crippen LogP contribution in [0.25, 0.3) is 11.0 Å². The SMILES string of the molecule is [c]1onc2nnccc12. The van der Waals surface area contributed by atoms with E-state index in [0.717, 1.165) is 5.39 Å². The van der Waals surface area contributed by atoms with Crippen molar-refractivity contribution in [2.75, 3.05) is 0 Å². The van der Waals surface area contributed by atoms with E-state index in [0.29, 0.717) is 5.65 Å². The summed E-state index contributed by atoms with van der Waals surface area (Å²) in [6, 6.07) is 1.73. The standard InChI is InChI=1S/C5H2N3O/c1-2-6-7-5-4(1)3-9-8-5/h1-2H. The van der Waals surface area contributed by atoms with Crippen LogP contribution in [-0.2, 0) is 0 Å². The van der Waals surface area contributed by atoms with E-state index >= 15 is 0 Å². The normalized spacial score (nSPS) is 10.2. The molecule has 0 atom stereocenters. The Labute approximate surface area is 50.5 Å². The third-order valence-corrected chi connectivity index (χ3v) is 0.989. The Hall–Kier alpha value is -1.45. The summed E-state index contributed by atoms with van der Waals surface area (Å²) >= 11 is 0. The van der Waals surface area contributed by atoms with Crippen LogP contribution in [-0.4, -0.2) is 15.4 Å². The summed E-state index contributed by atoms with van der Waals surface area (Å²) in [5.41, 5.74) is 0.498. The van der Waals surface area contributed by atoms with Crippen molar-refractivity contribution in [3.8, 4) is 0 Å². The Balaban J connectivity index is 2.95. The van der Waals surface area contributed by atoms with Crippen molar-refractivity contribution in [1.82, 2.24) is 15.4 Å². The Bertz CT molecular complexity index is 286. The van der Waals surface area contributed by atoms with Gasteiger partial charge in [0.05, 0.1) is 11.6 Å². The smallest absolute Gasteiger partial charge is 0.224 e. The second-order valence-electron chi connectivity index (χ2n) is 1.55. The lowest BCUT2D eigenvalue weighted by atomic mass is 10.4. The average molecular weight is 120 g/mol. The van der Waals surface area contributed by atoms with Gasteiger partial charge in [0.15, 0.2) is 0 Å². The highest BCUT2D eigenvalue weighted by molar-refractivity contribution is 5.70. The van der Waals surface area contributed by atoms with Crippen LogP contribution in [0.5, 0.6) is 0 Å². The molecular weight excluding hydrogens is 118 g/mol. The molecule has 0 fully saturated rings. The summed E-state index contributed by atoms with van der Waals surface area (Å²) in [5.74, 6) is 0. The van der Waals surface area contributed by atoms with Gasteiger partial charge in [-0.1, -0.05) is 5.16 Å². The van der Waals surface area contributed by atoms with Gasteiger partial charge in [-0.2, -0.15) is 5.10 Å². The highest BCUT2D eigenvalue weighted by Crippen LogP contribution is 2.03. The van der Waals surface area contributed by atoms with E-state index in [1.807, 2.05) is 0 Å². The van der Waals surface area contributed by atoms with Crippen molar-refractivity contribution >= 4 is 11.0 Å². The molecule has 9 heavy (non-hydrogen) atoms. The molecule has 43 valence electrons. The lowest BCUT2D eigenvalue weighted by Crippen LogP contribution is -1.77. The minimum atomic E-state index is 0.498. The number of aromatic nitrogens is 3. The molecule has 0 aromatic carbocycles. The van der Waals surface area contributed by atoms with Crippen molar-refractivity contribution in [3.63, 3.8) is 0 Å². The Kier molecular flexibility index (Phi) is 0.745. The highest BCUT2D eigenvalue weighted by atomic mass is 16.5. The summed E-state index contributed by atoms with van der Waals surface area (Å²) in [5, 5.41) is 11.5. The topological polar surface area (TPSA) is 51.8 Å². The molecule has 0 aliphatic carbocycles. The number of hydrogen-bond donors (Lipinski definition) is 0. The molecule has 0 saturated carbocycles. The molecule has 2 aromatic rings. The van der Waals surface area contributed by atoms with Gasteiger partial charge in [-0.25, -0.2) is 0 Å². The van der Waals surface area contributed by atoms with Crippen molar-refractivity contribution in [1.29, 1.82) is 0 Å². The van der Waals surface area contributed by atoms with E-state index in [-0.39, 0.29) is 0 Å². The summed E-state index contributed by atoms with van der Waals surface area (Å²) in [4.78, 5) is 0. The molecule has 0 saturated heterocycles. The van der Waals surface area contributed by atoms with Gasteiger partial charge < -0.3 is 4.52 Å². The van der Waals surface area contributed by atoms with Gasteiger partial charge in [-0.3, -0.25) is 0 Å². The molecule has 2 rings (SSSR count). The molecule has 0 aliphatic rings. The van der Waals surface area contributed by atoms with Crippen LogP contribution in [0, 0.1) is 6.26 Å². The minimum Gasteiger partial charge on any atom is -0.350 e. The van der Waals surface area contributed by atoms with Crippen molar-refractivity contribution in [2.45, 2.75) is 0 Å². The van der Waals surface area contributed by atoms with Crippen LogP contribution in [0.2, 0.25) is 0 Å². The zero-order valence-electron chi connectivity index (χ0n) is 4.40. The monoisotopic (exact) mass is 120 g/mol. The summed E-state index contributed by atoms with van der Waals surface area (Å²) < 4.78 is 4.49. The molecule has 2 heterocycles. The van der Waals surface area contributed by atoms with Gasteiger partial charge in [0.25, 0.3) is 0 Å². The summed E-state index contributed by atoms with van der Waals surface area (Å²) in [7, 11) is 0. The zero-order valence-corrected chi connectivity index (χ0v) is 4.40.